The lowest BCUT2D eigenvalue weighted by Crippen LogP contribution is -2.38. The molecule has 6 nitrogen and oxygen atoms in total. The minimum absolute atomic E-state index is 0.108. The smallest absolute Gasteiger partial charge is 0.320 e. The van der Waals surface area contributed by atoms with E-state index in [1.165, 1.54) is 0 Å². The van der Waals surface area contributed by atoms with E-state index in [-0.39, 0.29) is 18.8 Å². The second-order valence-electron chi connectivity index (χ2n) is 5.88. The summed E-state index contributed by atoms with van der Waals surface area (Å²) in [7, 11) is 0. The van der Waals surface area contributed by atoms with Crippen LogP contribution in [-0.4, -0.2) is 56.6 Å². The van der Waals surface area contributed by atoms with Crippen molar-refractivity contribution in [1.82, 2.24) is 4.90 Å². The van der Waals surface area contributed by atoms with Crippen LogP contribution in [0.5, 0.6) is 0 Å². The molecular weight excluding hydrogens is 308 g/mol. The molecule has 0 radical (unpaired) electrons. The maximum Gasteiger partial charge on any atom is 0.320 e. The van der Waals surface area contributed by atoms with Crippen LogP contribution in [0.3, 0.4) is 0 Å². The summed E-state index contributed by atoms with van der Waals surface area (Å²) in [6, 6.07) is 9.65. The Kier molecular flexibility index (Phi) is 8.76. The molecule has 6 heteroatoms. The quantitative estimate of drug-likeness (QED) is 0.653. The van der Waals surface area contributed by atoms with Crippen LogP contribution in [-0.2, 0) is 25.6 Å². The molecule has 0 aromatic heterocycles. The lowest BCUT2D eigenvalue weighted by molar-refractivity contribution is -0.165. The number of hydrogen-bond acceptors (Lipinski definition) is 6. The molecule has 2 N–H and O–H groups in total. The third-order valence-electron chi connectivity index (χ3n) is 3.89. The molecule has 1 atom stereocenters. The first-order chi connectivity index (χ1) is 11.8. The molecule has 0 saturated carbocycles. The van der Waals surface area contributed by atoms with E-state index < -0.39 is 0 Å². The maximum absolute atomic E-state index is 12.0. The molecule has 1 saturated heterocycles. The van der Waals surface area contributed by atoms with E-state index in [2.05, 4.69) is 0 Å². The summed E-state index contributed by atoms with van der Waals surface area (Å²) in [4.78, 5) is 14.0. The molecule has 1 fully saturated rings. The summed E-state index contributed by atoms with van der Waals surface area (Å²) in [6.45, 7) is 3.57. The Labute approximate surface area is 143 Å². The Balaban J connectivity index is 1.66. The van der Waals surface area contributed by atoms with Crippen LogP contribution in [0.1, 0.15) is 24.8 Å². The van der Waals surface area contributed by atoms with Crippen molar-refractivity contribution in [2.75, 3.05) is 39.4 Å². The Morgan fingerprint density at radius 2 is 2.08 bits per heavy atom. The number of hydrogen-bond donors (Lipinski definition) is 1. The maximum atomic E-state index is 12.0. The van der Waals surface area contributed by atoms with Gasteiger partial charge in [0.1, 0.15) is 6.61 Å². The van der Waals surface area contributed by atoms with Crippen LogP contribution in [0.25, 0.3) is 0 Å². The summed E-state index contributed by atoms with van der Waals surface area (Å²) < 4.78 is 16.6. The summed E-state index contributed by atoms with van der Waals surface area (Å²) >= 11 is 0. The van der Waals surface area contributed by atoms with Gasteiger partial charge in [-0.25, -0.2) is 0 Å². The number of nitrogens with two attached hydrogens (primary N) is 1. The van der Waals surface area contributed by atoms with Crippen LogP contribution in [0.2, 0.25) is 0 Å². The highest BCUT2D eigenvalue weighted by molar-refractivity contribution is 5.71. The SMILES string of the molecule is NCCN(CCOC1CCCCO1)CC(=O)OCc1ccccc1. The third-order valence-corrected chi connectivity index (χ3v) is 3.89. The average molecular weight is 336 g/mol. The van der Waals surface area contributed by atoms with E-state index in [1.54, 1.807) is 0 Å². The first kappa shape index (κ1) is 18.9. The predicted octanol–water partition coefficient (Wildman–Crippen LogP) is 1.53. The molecule has 2 rings (SSSR count). The average Bonchev–Trinajstić information content (AvgIpc) is 2.62. The van der Waals surface area contributed by atoms with E-state index in [0.29, 0.717) is 32.8 Å². The highest BCUT2D eigenvalue weighted by atomic mass is 16.7. The van der Waals surface area contributed by atoms with Gasteiger partial charge in [0.25, 0.3) is 0 Å². The van der Waals surface area contributed by atoms with Gasteiger partial charge >= 0.3 is 5.97 Å². The van der Waals surface area contributed by atoms with Crippen molar-refractivity contribution in [2.24, 2.45) is 5.73 Å². The van der Waals surface area contributed by atoms with Crippen molar-refractivity contribution in [3.05, 3.63) is 35.9 Å². The molecule has 1 heterocycles. The number of esters is 1. The second kappa shape index (κ2) is 11.1. The van der Waals surface area contributed by atoms with E-state index >= 15 is 0 Å². The molecule has 1 unspecified atom stereocenters. The van der Waals surface area contributed by atoms with E-state index in [1.807, 2.05) is 35.2 Å². The Morgan fingerprint density at radius 1 is 1.25 bits per heavy atom. The van der Waals surface area contributed by atoms with Gasteiger partial charge in [0.15, 0.2) is 6.29 Å². The second-order valence-corrected chi connectivity index (χ2v) is 5.88. The van der Waals surface area contributed by atoms with Gasteiger partial charge in [0.05, 0.1) is 13.2 Å². The van der Waals surface area contributed by atoms with E-state index in [9.17, 15) is 4.79 Å². The number of carbonyl (C=O) groups excluding carboxylic acids is 1. The van der Waals surface area contributed by atoms with Gasteiger partial charge in [-0.05, 0) is 24.8 Å². The fraction of sp³-hybridized carbons (Fsp3) is 0.611. The molecule has 0 amide bonds. The van der Waals surface area contributed by atoms with Crippen molar-refractivity contribution in [3.8, 4) is 0 Å². The monoisotopic (exact) mass is 336 g/mol. The Hall–Kier alpha value is -1.47. The van der Waals surface area contributed by atoms with Crippen molar-refractivity contribution >= 4 is 5.97 Å². The Bertz CT molecular complexity index is 463. The van der Waals surface area contributed by atoms with Gasteiger partial charge in [0.2, 0.25) is 0 Å². The van der Waals surface area contributed by atoms with Gasteiger partial charge in [0, 0.05) is 26.2 Å². The normalized spacial score (nSPS) is 17.8. The number of nitrogens with zero attached hydrogens (tertiary/aromatic N) is 1. The zero-order chi connectivity index (χ0) is 17.0. The van der Waals surface area contributed by atoms with Gasteiger partial charge in [-0.3, -0.25) is 9.69 Å². The lowest BCUT2D eigenvalue weighted by Gasteiger charge is -2.25. The molecule has 0 spiro atoms. The predicted molar refractivity (Wildman–Crippen MR) is 91.3 cm³/mol. The van der Waals surface area contributed by atoms with E-state index in [0.717, 1.165) is 31.4 Å². The van der Waals surface area contributed by atoms with Crippen molar-refractivity contribution < 1.29 is 19.0 Å². The van der Waals surface area contributed by atoms with Gasteiger partial charge in [-0.15, -0.1) is 0 Å². The Morgan fingerprint density at radius 3 is 2.79 bits per heavy atom. The van der Waals surface area contributed by atoms with Crippen molar-refractivity contribution in [2.45, 2.75) is 32.2 Å². The lowest BCUT2D eigenvalue weighted by atomic mass is 10.2. The summed E-state index contributed by atoms with van der Waals surface area (Å²) in [5.74, 6) is -0.249. The van der Waals surface area contributed by atoms with Gasteiger partial charge < -0.3 is 19.9 Å². The van der Waals surface area contributed by atoms with Crippen LogP contribution in [0, 0.1) is 0 Å². The fourth-order valence-corrected chi connectivity index (χ4v) is 2.57. The molecule has 0 bridgehead atoms. The topological polar surface area (TPSA) is 74.0 Å². The zero-order valence-corrected chi connectivity index (χ0v) is 14.2. The molecule has 1 aliphatic rings. The molecule has 134 valence electrons. The van der Waals surface area contributed by atoms with Crippen LogP contribution >= 0.6 is 0 Å². The van der Waals surface area contributed by atoms with Gasteiger partial charge in [-0.1, -0.05) is 30.3 Å². The molecule has 24 heavy (non-hydrogen) atoms. The van der Waals surface area contributed by atoms with Crippen LogP contribution in [0.4, 0.5) is 0 Å². The fourth-order valence-electron chi connectivity index (χ4n) is 2.57. The molecule has 0 aliphatic carbocycles. The van der Waals surface area contributed by atoms with Crippen molar-refractivity contribution in [3.63, 3.8) is 0 Å². The third kappa shape index (κ3) is 7.40. The van der Waals surface area contributed by atoms with Gasteiger partial charge in [-0.2, -0.15) is 0 Å². The first-order valence-corrected chi connectivity index (χ1v) is 8.63. The minimum Gasteiger partial charge on any atom is -0.460 e. The highest BCUT2D eigenvalue weighted by Gasteiger charge is 2.16. The molecular formula is C18H28N2O4. The summed E-state index contributed by atoms with van der Waals surface area (Å²) in [6.07, 6.45) is 3.08. The number of rotatable bonds is 10. The molecule has 1 aromatic carbocycles. The molecule has 1 aliphatic heterocycles. The zero-order valence-electron chi connectivity index (χ0n) is 14.2. The molecule has 1 aromatic rings. The number of benzene rings is 1. The van der Waals surface area contributed by atoms with Crippen LogP contribution < -0.4 is 5.73 Å². The highest BCUT2D eigenvalue weighted by Crippen LogP contribution is 2.13. The number of carbonyl (C=O) groups is 1. The standard InChI is InChI=1S/C18H28N2O4/c19-9-10-20(11-13-23-18-8-4-5-12-22-18)14-17(21)24-15-16-6-2-1-3-7-16/h1-3,6-7,18H,4-5,8-15,19H2. The first-order valence-electron chi connectivity index (χ1n) is 8.63. The largest absolute Gasteiger partial charge is 0.460 e. The summed E-state index contributed by atoms with van der Waals surface area (Å²) in [5.41, 5.74) is 6.61. The number of ether oxygens (including phenoxy) is 3. The summed E-state index contributed by atoms with van der Waals surface area (Å²) in [5, 5.41) is 0. The van der Waals surface area contributed by atoms with E-state index in [4.69, 9.17) is 19.9 Å². The van der Waals surface area contributed by atoms with Crippen LogP contribution in [0.15, 0.2) is 30.3 Å². The minimum atomic E-state index is -0.249. The van der Waals surface area contributed by atoms with Crippen molar-refractivity contribution in [1.29, 1.82) is 0 Å².